The van der Waals surface area contributed by atoms with Crippen molar-refractivity contribution in [2.24, 2.45) is 7.05 Å². The molecule has 102 valence electrons. The van der Waals surface area contributed by atoms with Crippen LogP contribution in [0.15, 0.2) is 6.33 Å². The van der Waals surface area contributed by atoms with Crippen LogP contribution in [0.2, 0.25) is 0 Å². The Balaban J connectivity index is 2.85. The van der Waals surface area contributed by atoms with Crippen LogP contribution in [0.1, 0.15) is 26.7 Å². The van der Waals surface area contributed by atoms with Crippen molar-refractivity contribution in [3.05, 3.63) is 16.4 Å². The highest BCUT2D eigenvalue weighted by Crippen LogP contribution is 2.31. The molecule has 18 heavy (non-hydrogen) atoms. The lowest BCUT2D eigenvalue weighted by atomic mass is 10.0. The van der Waals surface area contributed by atoms with E-state index in [-0.39, 0.29) is 10.6 Å². The molecule has 0 spiro atoms. The molecule has 1 N–H and O–H groups in total. The first-order valence-corrected chi connectivity index (χ1v) is 7.17. The largest absolute Gasteiger partial charge is 0.406 e. The number of aromatic nitrogens is 2. The first-order chi connectivity index (χ1) is 8.49. The summed E-state index contributed by atoms with van der Waals surface area (Å²) >= 11 is 1.80. The maximum atomic E-state index is 10.9. The molecule has 6 nitrogen and oxygen atoms in total. The first kappa shape index (κ1) is 14.8. The van der Waals surface area contributed by atoms with Crippen molar-refractivity contribution in [3.63, 3.8) is 0 Å². The third-order valence-corrected chi connectivity index (χ3v) is 4.98. The predicted octanol–water partition coefficient (Wildman–Crippen LogP) is 2.66. The van der Waals surface area contributed by atoms with Gasteiger partial charge in [0.25, 0.3) is 0 Å². The molecule has 0 aliphatic rings. The summed E-state index contributed by atoms with van der Waals surface area (Å²) in [6.45, 7) is 4.97. The van der Waals surface area contributed by atoms with Crippen LogP contribution in [0.3, 0.4) is 0 Å². The molecule has 1 rings (SSSR count). The summed E-state index contributed by atoms with van der Waals surface area (Å²) in [5, 5.41) is 14.0. The van der Waals surface area contributed by atoms with Crippen LogP contribution < -0.4 is 5.32 Å². The fraction of sp³-hybridized carbons (Fsp3) is 0.727. The van der Waals surface area contributed by atoms with Crippen molar-refractivity contribution in [3.8, 4) is 0 Å². The molecule has 0 aliphatic carbocycles. The molecule has 1 heterocycles. The molecule has 0 aliphatic heterocycles. The Labute approximate surface area is 111 Å². The molecule has 0 atom stereocenters. The Morgan fingerprint density at radius 2 is 2.17 bits per heavy atom. The van der Waals surface area contributed by atoms with Crippen LogP contribution in [0, 0.1) is 10.1 Å². The highest BCUT2D eigenvalue weighted by atomic mass is 32.2. The van der Waals surface area contributed by atoms with E-state index in [0.29, 0.717) is 12.4 Å². The summed E-state index contributed by atoms with van der Waals surface area (Å²) in [4.78, 5) is 14.2. The third-order valence-electron chi connectivity index (χ3n) is 3.39. The van der Waals surface area contributed by atoms with Crippen molar-refractivity contribution < 1.29 is 4.92 Å². The molecular weight excluding hydrogens is 252 g/mol. The van der Waals surface area contributed by atoms with Crippen molar-refractivity contribution >= 4 is 23.4 Å². The number of nitrogens with one attached hydrogen (secondary N) is 1. The average Bonchev–Trinajstić information content (AvgIpc) is 2.73. The topological polar surface area (TPSA) is 73.0 Å². The zero-order valence-electron chi connectivity index (χ0n) is 11.3. The Bertz CT molecular complexity index is 407. The van der Waals surface area contributed by atoms with Gasteiger partial charge in [0.1, 0.15) is 0 Å². The van der Waals surface area contributed by atoms with E-state index >= 15 is 0 Å². The number of hydrogen-bond donors (Lipinski definition) is 1. The monoisotopic (exact) mass is 272 g/mol. The first-order valence-electron chi connectivity index (χ1n) is 5.94. The van der Waals surface area contributed by atoms with Gasteiger partial charge < -0.3 is 15.4 Å². The maximum absolute atomic E-state index is 10.9. The van der Waals surface area contributed by atoms with E-state index in [4.69, 9.17) is 0 Å². The van der Waals surface area contributed by atoms with Crippen molar-refractivity contribution in [2.45, 2.75) is 31.4 Å². The fourth-order valence-corrected chi connectivity index (χ4v) is 2.65. The van der Waals surface area contributed by atoms with Gasteiger partial charge in [0.05, 0.1) is 0 Å². The Hall–Kier alpha value is -1.24. The van der Waals surface area contributed by atoms with Gasteiger partial charge in [-0.2, -0.15) is 11.8 Å². The zero-order chi connectivity index (χ0) is 13.8. The fourth-order valence-electron chi connectivity index (χ4n) is 1.86. The average molecular weight is 272 g/mol. The number of nitro groups is 1. The summed E-state index contributed by atoms with van der Waals surface area (Å²) in [7, 11) is 1.75. The number of aryl methyl sites for hydroxylation is 1. The van der Waals surface area contributed by atoms with E-state index in [1.165, 1.54) is 6.33 Å². The molecule has 1 aromatic heterocycles. The van der Waals surface area contributed by atoms with Gasteiger partial charge in [-0.25, -0.2) is 0 Å². The van der Waals surface area contributed by atoms with Crippen LogP contribution in [0.25, 0.3) is 0 Å². The van der Waals surface area contributed by atoms with Gasteiger partial charge in [0.15, 0.2) is 0 Å². The molecule has 7 heteroatoms. The number of anilines is 1. The summed E-state index contributed by atoms with van der Waals surface area (Å²) < 4.78 is 1.76. The van der Waals surface area contributed by atoms with Crippen molar-refractivity contribution in [1.82, 2.24) is 9.55 Å². The van der Waals surface area contributed by atoms with E-state index in [1.807, 2.05) is 0 Å². The Kier molecular flexibility index (Phi) is 5.01. The molecule has 0 aromatic carbocycles. The van der Waals surface area contributed by atoms with Crippen LogP contribution in [-0.2, 0) is 7.05 Å². The lowest BCUT2D eigenvalue weighted by Gasteiger charge is -2.30. The predicted molar refractivity (Wildman–Crippen MR) is 75.2 cm³/mol. The second-order valence-electron chi connectivity index (χ2n) is 4.23. The Morgan fingerprint density at radius 3 is 2.61 bits per heavy atom. The summed E-state index contributed by atoms with van der Waals surface area (Å²) in [6.07, 6.45) is 5.57. The van der Waals surface area contributed by atoms with E-state index < -0.39 is 4.92 Å². The lowest BCUT2D eigenvalue weighted by Crippen LogP contribution is -2.32. The van der Waals surface area contributed by atoms with Gasteiger partial charge in [0.2, 0.25) is 12.1 Å². The van der Waals surface area contributed by atoms with Crippen molar-refractivity contribution in [1.29, 1.82) is 0 Å². The van der Waals surface area contributed by atoms with E-state index in [1.54, 1.807) is 23.4 Å². The minimum absolute atomic E-state index is 0.109. The molecule has 0 radical (unpaired) electrons. The molecule has 0 fully saturated rings. The van der Waals surface area contributed by atoms with E-state index in [9.17, 15) is 10.1 Å². The van der Waals surface area contributed by atoms with Gasteiger partial charge in [-0.15, -0.1) is 0 Å². The van der Waals surface area contributed by atoms with Crippen molar-refractivity contribution in [2.75, 3.05) is 18.1 Å². The quantitative estimate of drug-likeness (QED) is 0.610. The number of rotatable bonds is 7. The molecule has 1 aromatic rings. The van der Waals surface area contributed by atoms with Gasteiger partial charge in [0, 0.05) is 18.3 Å². The van der Waals surface area contributed by atoms with Crippen LogP contribution in [-0.4, -0.2) is 32.0 Å². The van der Waals surface area contributed by atoms with Gasteiger partial charge in [-0.3, -0.25) is 4.57 Å². The van der Waals surface area contributed by atoms with Gasteiger partial charge >= 0.3 is 5.82 Å². The maximum Gasteiger partial charge on any atom is 0.406 e. The zero-order valence-corrected chi connectivity index (χ0v) is 12.1. The number of thioether (sulfide) groups is 1. The summed E-state index contributed by atoms with van der Waals surface area (Å²) in [6, 6.07) is 0. The lowest BCUT2D eigenvalue weighted by molar-refractivity contribution is -0.388. The normalized spacial score (nSPS) is 11.6. The molecule has 0 saturated heterocycles. The van der Waals surface area contributed by atoms with E-state index in [2.05, 4.69) is 30.4 Å². The molecule has 0 bridgehead atoms. The van der Waals surface area contributed by atoms with Crippen LogP contribution in [0.4, 0.5) is 11.6 Å². The minimum Gasteiger partial charge on any atom is -0.363 e. The number of imidazole rings is 1. The second-order valence-corrected chi connectivity index (χ2v) is 5.51. The van der Waals surface area contributed by atoms with Crippen LogP contribution in [0.5, 0.6) is 0 Å². The molecule has 0 saturated carbocycles. The van der Waals surface area contributed by atoms with Crippen LogP contribution >= 0.6 is 11.8 Å². The third kappa shape index (κ3) is 2.95. The smallest absolute Gasteiger partial charge is 0.363 e. The highest BCUT2D eigenvalue weighted by molar-refractivity contribution is 8.00. The summed E-state index contributed by atoms with van der Waals surface area (Å²) in [5.74, 6) is 0.361. The SMILES string of the molecule is CCC(CC)(CNc1c([N+](=O)[O-])ncn1C)SC. The van der Waals surface area contributed by atoms with E-state index in [0.717, 1.165) is 12.8 Å². The molecule has 0 unspecified atom stereocenters. The molecule has 0 amide bonds. The second kappa shape index (κ2) is 6.08. The standard InChI is InChI=1S/C11H20N4O2S/c1-5-11(6-2,18-4)7-12-9-10(15(16)17)13-8-14(9)3/h8,12H,5-7H2,1-4H3. The number of hydrogen-bond acceptors (Lipinski definition) is 5. The minimum atomic E-state index is -0.457. The van der Waals surface area contributed by atoms with Gasteiger partial charge in [-0.1, -0.05) is 13.8 Å². The Morgan fingerprint density at radius 1 is 1.56 bits per heavy atom. The highest BCUT2D eigenvalue weighted by Gasteiger charge is 2.27. The molecular formula is C11H20N4O2S. The summed E-state index contributed by atoms with van der Waals surface area (Å²) in [5.41, 5.74) is 0. The van der Waals surface area contributed by atoms with Gasteiger partial charge in [-0.05, 0) is 29.0 Å². The number of nitrogens with zero attached hydrogens (tertiary/aromatic N) is 3.